The van der Waals surface area contributed by atoms with Gasteiger partial charge in [0.2, 0.25) is 0 Å². The number of carboxylic acid groups (broad SMARTS) is 1. The summed E-state index contributed by atoms with van der Waals surface area (Å²) in [5.41, 5.74) is 0.543. The fraction of sp³-hybridized carbons (Fsp3) is 0.526. The van der Waals surface area contributed by atoms with Crippen molar-refractivity contribution in [1.29, 1.82) is 0 Å². The molecule has 0 spiro atoms. The number of unbranched alkanes of at least 4 members (excludes halogenated alkanes) is 1. The molecule has 1 aliphatic rings. The average Bonchev–Trinajstić information content (AvgIpc) is 2.63. The van der Waals surface area contributed by atoms with E-state index >= 15 is 0 Å². The molecule has 150 valence electrons. The predicted octanol–water partition coefficient (Wildman–Crippen LogP) is 4.49. The van der Waals surface area contributed by atoms with Crippen molar-refractivity contribution in [3.63, 3.8) is 0 Å². The van der Waals surface area contributed by atoms with Gasteiger partial charge in [0.05, 0.1) is 19.8 Å². The lowest BCUT2D eigenvalue weighted by atomic mass is 9.91. The second kappa shape index (κ2) is 9.75. The number of ether oxygens (including phenoxy) is 3. The highest BCUT2D eigenvalue weighted by Crippen LogP contribution is 2.42. The molecule has 1 heterocycles. The van der Waals surface area contributed by atoms with E-state index in [-0.39, 0.29) is 18.9 Å². The summed E-state index contributed by atoms with van der Waals surface area (Å²) in [5, 5.41) is 8.61. The molecule has 1 fully saturated rings. The Morgan fingerprint density at radius 3 is 2.74 bits per heavy atom. The minimum absolute atomic E-state index is 0.0804. The number of carboxylic acids is 1. The van der Waals surface area contributed by atoms with Crippen molar-refractivity contribution < 1.29 is 37.3 Å². The Hall–Kier alpha value is -2.06. The van der Waals surface area contributed by atoms with Crippen molar-refractivity contribution in [2.24, 2.45) is 5.92 Å². The van der Waals surface area contributed by atoms with Crippen molar-refractivity contribution in [3.8, 4) is 5.75 Å². The smallest absolute Gasteiger partial charge is 0.440 e. The van der Waals surface area contributed by atoms with Crippen LogP contribution in [0.15, 0.2) is 36.4 Å². The summed E-state index contributed by atoms with van der Waals surface area (Å²) in [7, 11) is 1.46. The Kier molecular flexibility index (Phi) is 7.67. The molecule has 1 aromatic rings. The zero-order valence-electron chi connectivity index (χ0n) is 14.9. The van der Waals surface area contributed by atoms with E-state index < -0.39 is 24.5 Å². The second-order valence-corrected chi connectivity index (χ2v) is 6.26. The topological polar surface area (TPSA) is 65.0 Å². The minimum atomic E-state index is -4.61. The van der Waals surface area contributed by atoms with E-state index in [1.807, 2.05) is 12.2 Å². The average molecular weight is 388 g/mol. The van der Waals surface area contributed by atoms with Crippen LogP contribution in [0.2, 0.25) is 0 Å². The molecule has 27 heavy (non-hydrogen) atoms. The first kappa shape index (κ1) is 21.2. The number of rotatable bonds is 8. The van der Waals surface area contributed by atoms with Gasteiger partial charge in [0, 0.05) is 17.9 Å². The molecule has 0 aliphatic carbocycles. The van der Waals surface area contributed by atoms with E-state index in [0.717, 1.165) is 0 Å². The Morgan fingerprint density at radius 2 is 2.07 bits per heavy atom. The van der Waals surface area contributed by atoms with Crippen molar-refractivity contribution in [2.75, 3.05) is 13.7 Å². The van der Waals surface area contributed by atoms with Crippen LogP contribution in [-0.2, 0) is 14.3 Å². The Balaban J connectivity index is 2.09. The van der Waals surface area contributed by atoms with Crippen LogP contribution < -0.4 is 4.74 Å². The zero-order valence-corrected chi connectivity index (χ0v) is 14.9. The quantitative estimate of drug-likeness (QED) is 0.525. The third-order valence-corrected chi connectivity index (χ3v) is 4.24. The first-order valence-corrected chi connectivity index (χ1v) is 8.66. The van der Waals surface area contributed by atoms with Crippen LogP contribution in [0.5, 0.6) is 5.75 Å². The molecule has 5 nitrogen and oxygen atoms in total. The molecular weight excluding hydrogens is 365 g/mol. The number of para-hydroxylation sites is 1. The standard InChI is InChI=1S/C19H23F3O5/c1-25-15-10-7-6-9-14(15)17-13(8-4-2-3-5-11-16(23)24)12-26-18(27-17)19(20,21)22/h2,4,6-7,9-10,13,17-18H,3,5,8,11-12H2,1H3,(H,23,24)/b4-2-/t13-,17+,18+/m1/s1. The number of hydrogen-bond donors (Lipinski definition) is 1. The first-order valence-electron chi connectivity index (χ1n) is 8.66. The zero-order chi connectivity index (χ0) is 19.9. The molecule has 1 aromatic carbocycles. The molecule has 3 atom stereocenters. The van der Waals surface area contributed by atoms with Gasteiger partial charge in [-0.15, -0.1) is 0 Å². The molecule has 1 saturated heterocycles. The number of methoxy groups -OCH3 is 1. The molecule has 0 radical (unpaired) electrons. The summed E-state index contributed by atoms with van der Waals surface area (Å²) in [6.45, 7) is -0.105. The molecule has 0 aromatic heterocycles. The van der Waals surface area contributed by atoms with Crippen molar-refractivity contribution in [2.45, 2.75) is 44.3 Å². The van der Waals surface area contributed by atoms with E-state index in [1.54, 1.807) is 24.3 Å². The fourth-order valence-electron chi connectivity index (χ4n) is 2.93. The highest BCUT2D eigenvalue weighted by molar-refractivity contribution is 5.66. The van der Waals surface area contributed by atoms with Crippen LogP contribution >= 0.6 is 0 Å². The van der Waals surface area contributed by atoms with Gasteiger partial charge in [-0.3, -0.25) is 4.79 Å². The molecular formula is C19H23F3O5. The lowest BCUT2D eigenvalue weighted by Crippen LogP contribution is -2.43. The summed E-state index contributed by atoms with van der Waals surface area (Å²) < 4.78 is 54.6. The Labute approximate surface area is 155 Å². The fourth-order valence-corrected chi connectivity index (χ4v) is 2.93. The van der Waals surface area contributed by atoms with Gasteiger partial charge < -0.3 is 19.3 Å². The third kappa shape index (κ3) is 6.25. The van der Waals surface area contributed by atoms with Crippen molar-refractivity contribution in [3.05, 3.63) is 42.0 Å². The molecule has 0 amide bonds. The van der Waals surface area contributed by atoms with E-state index in [9.17, 15) is 18.0 Å². The summed E-state index contributed by atoms with van der Waals surface area (Å²) in [4.78, 5) is 10.5. The lowest BCUT2D eigenvalue weighted by molar-refractivity contribution is -0.353. The Morgan fingerprint density at radius 1 is 1.33 bits per heavy atom. The van der Waals surface area contributed by atoms with Gasteiger partial charge in [-0.05, 0) is 25.3 Å². The predicted molar refractivity (Wildman–Crippen MR) is 91.3 cm³/mol. The second-order valence-electron chi connectivity index (χ2n) is 6.26. The molecule has 8 heteroatoms. The molecule has 0 saturated carbocycles. The van der Waals surface area contributed by atoms with Gasteiger partial charge in [-0.25, -0.2) is 0 Å². The number of hydrogen-bond acceptors (Lipinski definition) is 4. The van der Waals surface area contributed by atoms with Crippen molar-refractivity contribution in [1.82, 2.24) is 0 Å². The van der Waals surface area contributed by atoms with E-state index in [0.29, 0.717) is 30.6 Å². The number of alkyl halides is 3. The SMILES string of the molecule is COc1ccccc1[C@H]1O[C@@H](C(F)(F)F)OC[C@H]1C/C=C\CCCC(=O)O. The van der Waals surface area contributed by atoms with E-state index in [4.69, 9.17) is 19.3 Å². The number of halogens is 3. The molecule has 2 rings (SSSR count). The summed E-state index contributed by atoms with van der Waals surface area (Å²) in [6.07, 6.45) is -2.43. The maximum Gasteiger partial charge on any atom is 0.440 e. The van der Waals surface area contributed by atoms with E-state index in [1.165, 1.54) is 7.11 Å². The number of carbonyl (C=O) groups is 1. The number of aliphatic carboxylic acids is 1. The van der Waals surface area contributed by atoms with Gasteiger partial charge >= 0.3 is 12.1 Å². The lowest BCUT2D eigenvalue weighted by Gasteiger charge is -2.37. The number of allylic oxidation sites excluding steroid dienone is 2. The summed E-state index contributed by atoms with van der Waals surface area (Å²) >= 11 is 0. The third-order valence-electron chi connectivity index (χ3n) is 4.24. The van der Waals surface area contributed by atoms with Gasteiger partial charge in [0.1, 0.15) is 5.75 Å². The van der Waals surface area contributed by atoms with Crippen molar-refractivity contribution >= 4 is 5.97 Å². The monoisotopic (exact) mass is 388 g/mol. The molecule has 1 N–H and O–H groups in total. The normalized spacial score (nSPS) is 23.5. The van der Waals surface area contributed by atoms with Crippen LogP contribution in [0.25, 0.3) is 0 Å². The first-order chi connectivity index (χ1) is 12.8. The van der Waals surface area contributed by atoms with Crippen LogP contribution in [-0.4, -0.2) is 37.3 Å². The largest absolute Gasteiger partial charge is 0.496 e. The maximum absolute atomic E-state index is 13.1. The summed E-state index contributed by atoms with van der Waals surface area (Å²) in [5.74, 6) is -0.719. The summed E-state index contributed by atoms with van der Waals surface area (Å²) in [6, 6.07) is 6.82. The van der Waals surface area contributed by atoms with Gasteiger partial charge in [-0.1, -0.05) is 30.4 Å². The van der Waals surface area contributed by atoms with Crippen LogP contribution in [0.1, 0.15) is 37.4 Å². The van der Waals surface area contributed by atoms with Gasteiger partial charge in [0.25, 0.3) is 6.29 Å². The highest BCUT2D eigenvalue weighted by Gasteiger charge is 2.48. The molecule has 1 aliphatic heterocycles. The minimum Gasteiger partial charge on any atom is -0.496 e. The van der Waals surface area contributed by atoms with Gasteiger partial charge in [0.15, 0.2) is 0 Å². The molecule has 0 unspecified atom stereocenters. The molecule has 0 bridgehead atoms. The highest BCUT2D eigenvalue weighted by atomic mass is 19.4. The van der Waals surface area contributed by atoms with Crippen LogP contribution in [0.4, 0.5) is 13.2 Å². The van der Waals surface area contributed by atoms with Crippen LogP contribution in [0.3, 0.4) is 0 Å². The van der Waals surface area contributed by atoms with E-state index in [2.05, 4.69) is 0 Å². The number of benzene rings is 1. The van der Waals surface area contributed by atoms with Gasteiger partial charge in [-0.2, -0.15) is 13.2 Å². The van der Waals surface area contributed by atoms with Crippen LogP contribution in [0, 0.1) is 5.92 Å². The maximum atomic E-state index is 13.1. The Bertz CT molecular complexity index is 644.